The summed E-state index contributed by atoms with van der Waals surface area (Å²) >= 11 is 0. The van der Waals surface area contributed by atoms with Crippen LogP contribution in [0.5, 0.6) is 0 Å². The van der Waals surface area contributed by atoms with Crippen LogP contribution >= 0.6 is 0 Å². The van der Waals surface area contributed by atoms with Crippen molar-refractivity contribution in [1.82, 2.24) is 19.9 Å². The number of aryl methyl sites for hydroxylation is 1. The number of nitrogens with zero attached hydrogens (tertiary/aromatic N) is 4. The Morgan fingerprint density at radius 2 is 1.82 bits per heavy atom. The SMILES string of the molecule is COCc1nc(Nc2ccc(CC(=O)C(C)C)cc2)c2ccc(-c3ncccc3C)nc2n1. The smallest absolute Gasteiger partial charge is 0.165 e. The summed E-state index contributed by atoms with van der Waals surface area (Å²) in [5.74, 6) is 1.44. The molecule has 33 heavy (non-hydrogen) atoms. The molecular formula is C26H27N5O2. The number of carbonyl (C=O) groups is 1. The third-order valence-corrected chi connectivity index (χ3v) is 5.37. The van der Waals surface area contributed by atoms with Crippen molar-refractivity contribution in [2.45, 2.75) is 33.8 Å². The molecule has 0 atom stereocenters. The Bertz CT molecular complexity index is 1290. The molecule has 7 nitrogen and oxygen atoms in total. The number of ketones is 1. The molecule has 0 saturated carbocycles. The number of benzene rings is 1. The van der Waals surface area contributed by atoms with Crippen molar-refractivity contribution in [3.63, 3.8) is 0 Å². The van der Waals surface area contributed by atoms with Crippen LogP contribution in [0.25, 0.3) is 22.4 Å². The van der Waals surface area contributed by atoms with Gasteiger partial charge in [-0.3, -0.25) is 9.78 Å². The lowest BCUT2D eigenvalue weighted by Crippen LogP contribution is -2.10. The highest BCUT2D eigenvalue weighted by molar-refractivity contribution is 5.90. The van der Waals surface area contributed by atoms with Gasteiger partial charge in [0.25, 0.3) is 0 Å². The van der Waals surface area contributed by atoms with Crippen molar-refractivity contribution < 1.29 is 9.53 Å². The third kappa shape index (κ3) is 5.21. The minimum absolute atomic E-state index is 0.0293. The van der Waals surface area contributed by atoms with Gasteiger partial charge in [-0.1, -0.05) is 32.0 Å². The van der Waals surface area contributed by atoms with Gasteiger partial charge in [-0.2, -0.15) is 0 Å². The van der Waals surface area contributed by atoms with Crippen LogP contribution in [0.1, 0.15) is 30.8 Å². The fraction of sp³-hybridized carbons (Fsp3) is 0.269. The summed E-state index contributed by atoms with van der Waals surface area (Å²) < 4.78 is 5.26. The number of fused-ring (bicyclic) bond motifs is 1. The van der Waals surface area contributed by atoms with Crippen LogP contribution in [0.2, 0.25) is 0 Å². The van der Waals surface area contributed by atoms with E-state index in [9.17, 15) is 4.79 Å². The highest BCUT2D eigenvalue weighted by Gasteiger charge is 2.13. The molecule has 168 valence electrons. The number of rotatable bonds is 8. The molecule has 0 spiro atoms. The van der Waals surface area contributed by atoms with Crippen LogP contribution in [0.15, 0.2) is 54.7 Å². The lowest BCUT2D eigenvalue weighted by Gasteiger charge is -2.12. The summed E-state index contributed by atoms with van der Waals surface area (Å²) in [7, 11) is 1.61. The van der Waals surface area contributed by atoms with Gasteiger partial charge >= 0.3 is 0 Å². The highest BCUT2D eigenvalue weighted by Crippen LogP contribution is 2.27. The maximum absolute atomic E-state index is 12.0. The van der Waals surface area contributed by atoms with Gasteiger partial charge in [-0.15, -0.1) is 0 Å². The van der Waals surface area contributed by atoms with Crippen molar-refractivity contribution in [3.05, 3.63) is 71.7 Å². The van der Waals surface area contributed by atoms with Crippen LogP contribution in [0.3, 0.4) is 0 Å². The third-order valence-electron chi connectivity index (χ3n) is 5.37. The molecule has 0 radical (unpaired) electrons. The summed E-state index contributed by atoms with van der Waals surface area (Å²) in [6.45, 7) is 6.13. The summed E-state index contributed by atoms with van der Waals surface area (Å²) in [5.41, 5.74) is 5.05. The number of Topliss-reactive ketones (excluding diaryl/α,β-unsaturated/α-hetero) is 1. The number of methoxy groups -OCH3 is 1. The number of anilines is 2. The van der Waals surface area contributed by atoms with Gasteiger partial charge in [0.1, 0.15) is 18.2 Å². The average Bonchev–Trinajstić information content (AvgIpc) is 2.80. The van der Waals surface area contributed by atoms with Gasteiger partial charge in [0, 0.05) is 31.3 Å². The fourth-order valence-corrected chi connectivity index (χ4v) is 3.48. The molecule has 1 aromatic carbocycles. The summed E-state index contributed by atoms with van der Waals surface area (Å²) in [6.07, 6.45) is 2.20. The van der Waals surface area contributed by atoms with E-state index in [1.54, 1.807) is 13.3 Å². The van der Waals surface area contributed by atoms with E-state index in [-0.39, 0.29) is 18.3 Å². The van der Waals surface area contributed by atoms with Gasteiger partial charge in [0.05, 0.1) is 16.8 Å². The molecule has 0 aliphatic rings. The zero-order valence-electron chi connectivity index (χ0n) is 19.3. The van der Waals surface area contributed by atoms with Crippen molar-refractivity contribution >= 4 is 28.3 Å². The lowest BCUT2D eigenvalue weighted by atomic mass is 10.0. The number of ether oxygens (including phenoxy) is 1. The maximum atomic E-state index is 12.0. The maximum Gasteiger partial charge on any atom is 0.165 e. The molecule has 1 N–H and O–H groups in total. The number of hydrogen-bond acceptors (Lipinski definition) is 7. The Morgan fingerprint density at radius 3 is 2.52 bits per heavy atom. The number of aromatic nitrogens is 4. The molecule has 4 rings (SSSR count). The molecule has 4 aromatic rings. The van der Waals surface area contributed by atoms with Crippen molar-refractivity contribution in [3.8, 4) is 11.4 Å². The normalized spacial score (nSPS) is 11.2. The van der Waals surface area contributed by atoms with Gasteiger partial charge in [0.15, 0.2) is 11.5 Å². The quantitative estimate of drug-likeness (QED) is 0.409. The minimum Gasteiger partial charge on any atom is -0.377 e. The van der Waals surface area contributed by atoms with E-state index in [0.717, 1.165) is 33.6 Å². The van der Waals surface area contributed by atoms with E-state index >= 15 is 0 Å². The molecular weight excluding hydrogens is 414 g/mol. The number of pyridine rings is 2. The summed E-state index contributed by atoms with van der Waals surface area (Å²) in [4.78, 5) is 30.5. The molecule has 7 heteroatoms. The monoisotopic (exact) mass is 441 g/mol. The summed E-state index contributed by atoms with van der Waals surface area (Å²) in [5, 5.41) is 4.17. The van der Waals surface area contributed by atoms with E-state index in [2.05, 4.69) is 20.3 Å². The largest absolute Gasteiger partial charge is 0.377 e. The topological polar surface area (TPSA) is 89.9 Å². The summed E-state index contributed by atoms with van der Waals surface area (Å²) in [6, 6.07) is 15.6. The predicted molar refractivity (Wildman–Crippen MR) is 129 cm³/mol. The van der Waals surface area contributed by atoms with Crippen LogP contribution in [0.4, 0.5) is 11.5 Å². The second-order valence-corrected chi connectivity index (χ2v) is 8.28. The average molecular weight is 442 g/mol. The minimum atomic E-state index is 0.0293. The van der Waals surface area contributed by atoms with Crippen LogP contribution in [-0.4, -0.2) is 32.8 Å². The fourth-order valence-electron chi connectivity index (χ4n) is 3.48. The van der Waals surface area contributed by atoms with Gasteiger partial charge in [-0.25, -0.2) is 15.0 Å². The molecule has 0 unspecified atom stereocenters. The van der Waals surface area contributed by atoms with E-state index in [1.165, 1.54) is 0 Å². The lowest BCUT2D eigenvalue weighted by molar-refractivity contribution is -0.121. The molecule has 3 aromatic heterocycles. The molecule has 0 amide bonds. The van der Waals surface area contributed by atoms with Crippen LogP contribution in [0, 0.1) is 12.8 Å². The van der Waals surface area contributed by atoms with Crippen molar-refractivity contribution in [2.24, 2.45) is 5.92 Å². The van der Waals surface area contributed by atoms with Crippen molar-refractivity contribution in [2.75, 3.05) is 12.4 Å². The van der Waals surface area contributed by atoms with E-state index in [4.69, 9.17) is 9.72 Å². The molecule has 0 aliphatic heterocycles. The first-order chi connectivity index (χ1) is 15.9. The van der Waals surface area contributed by atoms with Gasteiger partial charge in [0.2, 0.25) is 0 Å². The highest BCUT2D eigenvalue weighted by atomic mass is 16.5. The second kappa shape index (κ2) is 9.83. The molecule has 0 fully saturated rings. The molecule has 3 heterocycles. The Labute approximate surface area is 193 Å². The van der Waals surface area contributed by atoms with Gasteiger partial charge in [-0.05, 0) is 48.4 Å². The predicted octanol–water partition coefficient (Wildman–Crippen LogP) is 5.05. The van der Waals surface area contributed by atoms with Crippen LogP contribution in [-0.2, 0) is 22.6 Å². The number of carbonyl (C=O) groups excluding carboxylic acids is 1. The number of nitrogens with one attached hydrogen (secondary N) is 1. The van der Waals surface area contributed by atoms with E-state index < -0.39 is 0 Å². The Hall–Kier alpha value is -3.71. The molecule has 0 aliphatic carbocycles. The van der Waals surface area contributed by atoms with Crippen LogP contribution < -0.4 is 5.32 Å². The first-order valence-electron chi connectivity index (χ1n) is 10.9. The first-order valence-corrected chi connectivity index (χ1v) is 10.9. The Kier molecular flexibility index (Phi) is 6.70. The van der Waals surface area contributed by atoms with E-state index in [0.29, 0.717) is 23.7 Å². The second-order valence-electron chi connectivity index (χ2n) is 8.28. The molecule has 0 saturated heterocycles. The standard InChI is InChI=1S/C26H27N5O2/c1-16(2)22(32)14-18-7-9-19(10-8-18)28-25-20-11-12-21(24-17(3)6-5-13-27-24)29-26(20)31-23(30-25)15-33-4/h5-13,16H,14-15H2,1-4H3,(H,28,29,30,31). The Balaban J connectivity index is 1.68. The number of hydrogen-bond donors (Lipinski definition) is 1. The zero-order valence-corrected chi connectivity index (χ0v) is 19.3. The van der Waals surface area contributed by atoms with E-state index in [1.807, 2.05) is 69.3 Å². The van der Waals surface area contributed by atoms with Gasteiger partial charge < -0.3 is 10.1 Å². The van der Waals surface area contributed by atoms with Crippen molar-refractivity contribution in [1.29, 1.82) is 0 Å². The zero-order chi connectivity index (χ0) is 23.4. The Morgan fingerprint density at radius 1 is 1.03 bits per heavy atom. The molecule has 0 bridgehead atoms. The first kappa shape index (κ1) is 22.5.